The Kier molecular flexibility index (Phi) is 6.83. The van der Waals surface area contributed by atoms with Crippen molar-refractivity contribution in [3.05, 3.63) is 182 Å². The molecule has 57 heavy (non-hydrogen) atoms. The second kappa shape index (κ2) is 12.3. The van der Waals surface area contributed by atoms with E-state index in [2.05, 4.69) is 126 Å². The van der Waals surface area contributed by atoms with Gasteiger partial charge < -0.3 is 13.4 Å². The summed E-state index contributed by atoms with van der Waals surface area (Å²) in [7, 11) is 0. The van der Waals surface area contributed by atoms with Gasteiger partial charge in [0.15, 0.2) is 23.1 Å². The molecule has 0 radical (unpaired) electrons. The number of fused-ring (bicyclic) bond motifs is 9. The first-order valence-electron chi connectivity index (χ1n) is 19.0. The number of benzene rings is 8. The van der Waals surface area contributed by atoms with Gasteiger partial charge in [-0.1, -0.05) is 140 Å². The van der Waals surface area contributed by atoms with E-state index in [0.29, 0.717) is 17.5 Å². The van der Waals surface area contributed by atoms with E-state index in [1.165, 1.54) is 10.8 Å². The molecule has 6 heteroatoms. The number of hydrogen-bond acceptors (Lipinski definition) is 5. The maximum Gasteiger partial charge on any atom is 0.164 e. The molecule has 4 heterocycles. The molecule has 0 aliphatic heterocycles. The summed E-state index contributed by atoms with van der Waals surface area (Å²) in [5, 5.41) is 6.30. The van der Waals surface area contributed by atoms with Crippen LogP contribution in [0.2, 0.25) is 0 Å². The van der Waals surface area contributed by atoms with E-state index in [4.69, 9.17) is 23.8 Å². The van der Waals surface area contributed by atoms with Gasteiger partial charge in [-0.3, -0.25) is 0 Å². The summed E-state index contributed by atoms with van der Waals surface area (Å²) >= 11 is 0. The summed E-state index contributed by atoms with van der Waals surface area (Å²) < 4.78 is 15.6. The lowest BCUT2D eigenvalue weighted by Crippen LogP contribution is -2.00. The van der Waals surface area contributed by atoms with Crippen molar-refractivity contribution in [1.29, 1.82) is 0 Å². The average Bonchev–Trinajstić information content (AvgIpc) is 3.96. The van der Waals surface area contributed by atoms with E-state index in [1.807, 2.05) is 60.7 Å². The highest BCUT2D eigenvalue weighted by molar-refractivity contribution is 6.16. The Morgan fingerprint density at radius 3 is 1.58 bits per heavy atom. The van der Waals surface area contributed by atoms with Gasteiger partial charge in [0.2, 0.25) is 0 Å². The summed E-state index contributed by atoms with van der Waals surface area (Å²) in [5.41, 5.74) is 11.2. The minimum atomic E-state index is 0.561. The second-order valence-corrected chi connectivity index (χ2v) is 14.3. The van der Waals surface area contributed by atoms with Gasteiger partial charge in [-0.15, -0.1) is 0 Å². The molecular weight excluding hydrogens is 701 g/mol. The van der Waals surface area contributed by atoms with Gasteiger partial charge in [0.05, 0.1) is 16.7 Å². The molecular formula is C51H30N4O2. The van der Waals surface area contributed by atoms with E-state index in [1.54, 1.807) is 0 Å². The van der Waals surface area contributed by atoms with Crippen LogP contribution in [0, 0.1) is 0 Å². The van der Waals surface area contributed by atoms with Crippen molar-refractivity contribution in [1.82, 2.24) is 19.5 Å². The van der Waals surface area contributed by atoms with E-state index in [0.717, 1.165) is 88.4 Å². The van der Waals surface area contributed by atoms with Gasteiger partial charge in [-0.2, -0.15) is 0 Å². The van der Waals surface area contributed by atoms with E-state index in [9.17, 15) is 0 Å². The van der Waals surface area contributed by atoms with Gasteiger partial charge in [0.1, 0.15) is 16.7 Å². The predicted octanol–water partition coefficient (Wildman–Crippen LogP) is 13.4. The van der Waals surface area contributed by atoms with Crippen molar-refractivity contribution in [3.8, 4) is 51.0 Å². The Hall–Kier alpha value is -7.83. The van der Waals surface area contributed by atoms with Crippen LogP contribution in [0.3, 0.4) is 0 Å². The molecule has 0 unspecified atom stereocenters. The van der Waals surface area contributed by atoms with Crippen LogP contribution in [0.4, 0.5) is 0 Å². The molecule has 0 amide bonds. The normalized spacial score (nSPS) is 11.9. The summed E-state index contributed by atoms with van der Waals surface area (Å²) in [6.07, 6.45) is 0. The number of furan rings is 2. The zero-order valence-electron chi connectivity index (χ0n) is 30.4. The van der Waals surface area contributed by atoms with Crippen LogP contribution < -0.4 is 0 Å². The molecule has 8 aromatic carbocycles. The molecule has 0 N–H and O–H groups in total. The van der Waals surface area contributed by atoms with Crippen LogP contribution in [0.5, 0.6) is 0 Å². The molecule has 12 aromatic rings. The molecule has 0 bridgehead atoms. The van der Waals surface area contributed by atoms with Gasteiger partial charge in [0, 0.05) is 49.0 Å². The van der Waals surface area contributed by atoms with Crippen molar-refractivity contribution < 1.29 is 8.83 Å². The highest BCUT2D eigenvalue weighted by Gasteiger charge is 2.22. The summed E-state index contributed by atoms with van der Waals surface area (Å²) in [5.74, 6) is 1.71. The Bertz CT molecular complexity index is 3470. The maximum atomic E-state index is 6.83. The number of nitrogens with zero attached hydrogens (tertiary/aromatic N) is 4. The first-order valence-corrected chi connectivity index (χ1v) is 19.0. The van der Waals surface area contributed by atoms with Crippen LogP contribution in [0.15, 0.2) is 191 Å². The lowest BCUT2D eigenvalue weighted by Gasteiger charge is -2.10. The first kappa shape index (κ1) is 31.5. The smallest absolute Gasteiger partial charge is 0.164 e. The van der Waals surface area contributed by atoms with E-state index < -0.39 is 0 Å². The summed E-state index contributed by atoms with van der Waals surface area (Å²) in [4.78, 5) is 15.6. The summed E-state index contributed by atoms with van der Waals surface area (Å²) in [6.45, 7) is 0. The number of aromatic nitrogens is 4. The molecule has 0 saturated heterocycles. The second-order valence-electron chi connectivity index (χ2n) is 14.3. The van der Waals surface area contributed by atoms with Crippen molar-refractivity contribution in [2.45, 2.75) is 0 Å². The fourth-order valence-electron chi connectivity index (χ4n) is 8.53. The van der Waals surface area contributed by atoms with Crippen LogP contribution in [0.25, 0.3) is 117 Å². The lowest BCUT2D eigenvalue weighted by atomic mass is 10.0. The SMILES string of the molecule is c1ccc(-c2ccc3c(c2)oc2cccc(-c4nc(-c5ccccc5)nc(-c5cccc6oc7c(-n8c9ccccc9c9ccccc98)cccc7c56)n4)c23)cc1. The topological polar surface area (TPSA) is 69.9 Å². The van der Waals surface area contributed by atoms with Crippen LogP contribution in [-0.2, 0) is 0 Å². The molecule has 6 nitrogen and oxygen atoms in total. The third-order valence-corrected chi connectivity index (χ3v) is 11.1. The molecule has 0 saturated carbocycles. The standard InChI is InChI=1S/C51H30N4O2/c1-3-14-31(15-4-1)33-28-29-36-45(30-33)56-43-26-12-21-38(46(36)43)50-52-49(32-16-5-2-6-17-32)53-51(54-50)39-22-13-27-44-47(39)37-20-11-25-42(48(37)57-44)55-40-23-9-7-18-34(40)35-19-8-10-24-41(35)55/h1-30H. The van der Waals surface area contributed by atoms with Gasteiger partial charge in [0.25, 0.3) is 0 Å². The molecule has 0 aliphatic carbocycles. The molecule has 266 valence electrons. The molecule has 0 atom stereocenters. The Balaban J connectivity index is 1.09. The Labute approximate surface area is 325 Å². The molecule has 0 aliphatic rings. The van der Waals surface area contributed by atoms with Crippen LogP contribution in [0.1, 0.15) is 0 Å². The molecule has 12 rings (SSSR count). The fraction of sp³-hybridized carbons (Fsp3) is 0. The number of para-hydroxylation sites is 3. The third-order valence-electron chi connectivity index (χ3n) is 11.1. The lowest BCUT2D eigenvalue weighted by molar-refractivity contribution is 0.666. The monoisotopic (exact) mass is 730 g/mol. The zero-order valence-corrected chi connectivity index (χ0v) is 30.4. The van der Waals surface area contributed by atoms with Crippen molar-refractivity contribution in [3.63, 3.8) is 0 Å². The zero-order chi connectivity index (χ0) is 37.5. The predicted molar refractivity (Wildman–Crippen MR) is 230 cm³/mol. The highest BCUT2D eigenvalue weighted by Crippen LogP contribution is 2.42. The van der Waals surface area contributed by atoms with E-state index >= 15 is 0 Å². The minimum Gasteiger partial charge on any atom is -0.456 e. The van der Waals surface area contributed by atoms with Gasteiger partial charge in [-0.05, 0) is 53.6 Å². The van der Waals surface area contributed by atoms with Crippen molar-refractivity contribution >= 4 is 65.7 Å². The number of rotatable bonds is 5. The van der Waals surface area contributed by atoms with E-state index in [-0.39, 0.29) is 0 Å². The fourth-order valence-corrected chi connectivity index (χ4v) is 8.53. The quantitative estimate of drug-likeness (QED) is 0.176. The molecule has 0 spiro atoms. The van der Waals surface area contributed by atoms with Crippen LogP contribution in [-0.4, -0.2) is 19.5 Å². The first-order chi connectivity index (χ1) is 28.3. The molecule has 0 fully saturated rings. The van der Waals surface area contributed by atoms with Crippen molar-refractivity contribution in [2.24, 2.45) is 0 Å². The molecule has 4 aromatic heterocycles. The number of hydrogen-bond donors (Lipinski definition) is 0. The maximum absolute atomic E-state index is 6.83. The third kappa shape index (κ3) is 4.87. The van der Waals surface area contributed by atoms with Crippen LogP contribution >= 0.6 is 0 Å². The van der Waals surface area contributed by atoms with Gasteiger partial charge in [-0.25, -0.2) is 15.0 Å². The largest absolute Gasteiger partial charge is 0.456 e. The Morgan fingerprint density at radius 2 is 0.895 bits per heavy atom. The average molecular weight is 731 g/mol. The highest BCUT2D eigenvalue weighted by atomic mass is 16.3. The van der Waals surface area contributed by atoms with Crippen molar-refractivity contribution in [2.75, 3.05) is 0 Å². The minimum absolute atomic E-state index is 0.561. The summed E-state index contributed by atoms with van der Waals surface area (Å²) in [6, 6.07) is 62.5. The van der Waals surface area contributed by atoms with Gasteiger partial charge >= 0.3 is 0 Å². The Morgan fingerprint density at radius 1 is 0.351 bits per heavy atom.